The minimum Gasteiger partial charge on any atom is -0.497 e. The third-order valence-electron chi connectivity index (χ3n) is 8.32. The van der Waals surface area contributed by atoms with Gasteiger partial charge in [0.1, 0.15) is 29.3 Å². The standard InChI is InChI=1S/C34H40N4O5/c1-23(38-18-17-35-30(38)21-25-9-5-4-6-10-25)32(40)37-29(20-26-13-15-27(42-3)16-14-26)33(41)36-28(19-24-11-7-8-12-24)31(39)34(2)22-43-34/h4-6,9-11,13-18,23,28-29H,7-8,12,19-22H2,1-3H3,(H,36,41)(H,37,40)/t23?,28-,29-,34+/m0/s1. The number of ketones is 1. The topological polar surface area (TPSA) is 115 Å². The molecule has 1 saturated heterocycles. The maximum Gasteiger partial charge on any atom is 0.243 e. The van der Waals surface area contributed by atoms with Gasteiger partial charge in [0.25, 0.3) is 0 Å². The average molecular weight is 585 g/mol. The minimum atomic E-state index is -0.912. The summed E-state index contributed by atoms with van der Waals surface area (Å²) in [5.74, 6) is 0.577. The van der Waals surface area contributed by atoms with Gasteiger partial charge in [0, 0.05) is 25.2 Å². The molecule has 9 nitrogen and oxygen atoms in total. The number of carbonyl (C=O) groups is 3. The molecule has 1 aliphatic carbocycles. The van der Waals surface area contributed by atoms with Gasteiger partial charge in [-0.05, 0) is 62.8 Å². The van der Waals surface area contributed by atoms with Gasteiger partial charge in [-0.2, -0.15) is 0 Å². The van der Waals surface area contributed by atoms with E-state index < -0.39 is 29.6 Å². The molecule has 1 aromatic heterocycles. The van der Waals surface area contributed by atoms with Gasteiger partial charge >= 0.3 is 0 Å². The molecule has 9 heteroatoms. The van der Waals surface area contributed by atoms with E-state index in [2.05, 4.69) is 21.7 Å². The van der Waals surface area contributed by atoms with Gasteiger partial charge in [-0.1, -0.05) is 54.1 Å². The van der Waals surface area contributed by atoms with Gasteiger partial charge in [-0.3, -0.25) is 14.4 Å². The number of nitrogens with zero attached hydrogens (tertiary/aromatic N) is 2. The maximum atomic E-state index is 13.9. The SMILES string of the molecule is COc1ccc(C[C@H](NC(=O)C(C)n2ccnc2Cc2ccccc2)C(=O)N[C@@H](CC2=CCCC2)C(=O)[C@@]2(C)CO2)cc1. The van der Waals surface area contributed by atoms with Crippen molar-refractivity contribution in [1.82, 2.24) is 20.2 Å². The van der Waals surface area contributed by atoms with E-state index >= 15 is 0 Å². The highest BCUT2D eigenvalue weighted by Gasteiger charge is 2.50. The van der Waals surface area contributed by atoms with Crippen LogP contribution < -0.4 is 15.4 Å². The number of Topliss-reactive ketones (excluding diaryl/α,β-unsaturated/α-hetero) is 1. The molecular formula is C34H40N4O5. The molecule has 4 atom stereocenters. The third-order valence-corrected chi connectivity index (χ3v) is 8.32. The zero-order valence-electron chi connectivity index (χ0n) is 25.0. The van der Waals surface area contributed by atoms with E-state index in [4.69, 9.17) is 9.47 Å². The molecule has 0 bridgehead atoms. The number of aromatic nitrogens is 2. The highest BCUT2D eigenvalue weighted by Crippen LogP contribution is 2.31. The predicted octanol–water partition coefficient (Wildman–Crippen LogP) is 4.11. The molecule has 2 aliphatic rings. The fourth-order valence-corrected chi connectivity index (χ4v) is 5.52. The second-order valence-corrected chi connectivity index (χ2v) is 11.6. The highest BCUT2D eigenvalue weighted by molar-refractivity contribution is 5.98. The van der Waals surface area contributed by atoms with Crippen LogP contribution in [0.3, 0.4) is 0 Å². The lowest BCUT2D eigenvalue weighted by Gasteiger charge is -2.26. The molecule has 0 saturated carbocycles. The number of benzene rings is 2. The fraction of sp³-hybridized carbons (Fsp3) is 0.412. The molecule has 2 heterocycles. The lowest BCUT2D eigenvalue weighted by atomic mass is 9.94. The van der Waals surface area contributed by atoms with Gasteiger partial charge in [0.15, 0.2) is 5.78 Å². The summed E-state index contributed by atoms with van der Waals surface area (Å²) in [6.07, 6.45) is 9.81. The zero-order valence-corrected chi connectivity index (χ0v) is 25.0. The monoisotopic (exact) mass is 584 g/mol. The van der Waals surface area contributed by atoms with Crippen molar-refractivity contribution in [3.05, 3.63) is 95.6 Å². The van der Waals surface area contributed by atoms with Crippen LogP contribution in [0.4, 0.5) is 0 Å². The van der Waals surface area contributed by atoms with Crippen molar-refractivity contribution >= 4 is 17.6 Å². The summed E-state index contributed by atoms with van der Waals surface area (Å²) in [5.41, 5.74) is 2.22. The Kier molecular flexibility index (Phi) is 9.40. The summed E-state index contributed by atoms with van der Waals surface area (Å²) in [6.45, 7) is 3.89. The van der Waals surface area contributed by atoms with Gasteiger partial charge < -0.3 is 24.7 Å². The molecular weight excluding hydrogens is 544 g/mol. The van der Waals surface area contributed by atoms with Gasteiger partial charge in [0.2, 0.25) is 11.8 Å². The molecule has 0 radical (unpaired) electrons. The summed E-state index contributed by atoms with van der Waals surface area (Å²) in [7, 11) is 1.59. The first-order chi connectivity index (χ1) is 20.8. The number of epoxide rings is 1. The van der Waals surface area contributed by atoms with E-state index in [1.54, 1.807) is 33.4 Å². The third kappa shape index (κ3) is 7.59. The number of methoxy groups -OCH3 is 1. The van der Waals surface area contributed by atoms with Crippen LogP contribution >= 0.6 is 0 Å². The Bertz CT molecular complexity index is 1460. The summed E-state index contributed by atoms with van der Waals surface area (Å²) in [4.78, 5) is 45.4. The van der Waals surface area contributed by atoms with Crippen molar-refractivity contribution < 1.29 is 23.9 Å². The molecule has 1 unspecified atom stereocenters. The molecule has 2 aromatic carbocycles. The Morgan fingerprint density at radius 1 is 1.00 bits per heavy atom. The second kappa shape index (κ2) is 13.4. The quantitative estimate of drug-likeness (QED) is 0.218. The average Bonchev–Trinajstić information content (AvgIpc) is 3.35. The van der Waals surface area contributed by atoms with Crippen LogP contribution in [0.2, 0.25) is 0 Å². The highest BCUT2D eigenvalue weighted by atomic mass is 16.6. The van der Waals surface area contributed by atoms with E-state index in [9.17, 15) is 14.4 Å². The molecule has 5 rings (SSSR count). The first-order valence-electron chi connectivity index (χ1n) is 14.9. The molecule has 43 heavy (non-hydrogen) atoms. The first-order valence-corrected chi connectivity index (χ1v) is 14.9. The van der Waals surface area contributed by atoms with Crippen LogP contribution in [0.15, 0.2) is 78.6 Å². The lowest BCUT2D eigenvalue weighted by Crippen LogP contribution is -2.55. The number of amides is 2. The number of carbonyl (C=O) groups excluding carboxylic acids is 3. The Labute approximate surface area is 252 Å². The summed E-state index contributed by atoms with van der Waals surface area (Å²) in [6, 6.07) is 15.1. The largest absolute Gasteiger partial charge is 0.497 e. The van der Waals surface area contributed by atoms with E-state index in [1.807, 2.05) is 59.2 Å². The van der Waals surface area contributed by atoms with Crippen LogP contribution in [-0.4, -0.2) is 58.6 Å². The number of hydrogen-bond acceptors (Lipinski definition) is 6. The zero-order chi connectivity index (χ0) is 30.4. The summed E-state index contributed by atoms with van der Waals surface area (Å²) in [5, 5.41) is 5.97. The number of ether oxygens (including phenoxy) is 2. The van der Waals surface area contributed by atoms with Crippen molar-refractivity contribution in [2.75, 3.05) is 13.7 Å². The molecule has 1 aliphatic heterocycles. The molecule has 1 fully saturated rings. The summed E-state index contributed by atoms with van der Waals surface area (Å²) < 4.78 is 12.6. The molecule has 2 amide bonds. The van der Waals surface area contributed by atoms with Crippen molar-refractivity contribution in [2.45, 2.75) is 76.1 Å². The van der Waals surface area contributed by atoms with E-state index in [-0.39, 0.29) is 18.1 Å². The molecule has 2 N–H and O–H groups in total. The number of rotatable bonds is 14. The van der Waals surface area contributed by atoms with Crippen LogP contribution in [0.25, 0.3) is 0 Å². The Hall–Kier alpha value is -4.24. The molecule has 3 aromatic rings. The van der Waals surface area contributed by atoms with Crippen LogP contribution in [-0.2, 0) is 32.0 Å². The number of nitrogens with one attached hydrogen (secondary N) is 2. The van der Waals surface area contributed by atoms with Crippen LogP contribution in [0.5, 0.6) is 5.75 Å². The normalized spacial score (nSPS) is 19.6. The second-order valence-electron chi connectivity index (χ2n) is 11.6. The Morgan fingerprint density at radius 2 is 1.72 bits per heavy atom. The van der Waals surface area contributed by atoms with Gasteiger partial charge in [-0.25, -0.2) is 4.98 Å². The van der Waals surface area contributed by atoms with E-state index in [0.717, 1.165) is 36.2 Å². The lowest BCUT2D eigenvalue weighted by molar-refractivity contribution is -0.133. The number of hydrogen-bond donors (Lipinski definition) is 2. The summed E-state index contributed by atoms with van der Waals surface area (Å²) >= 11 is 0. The molecule has 0 spiro atoms. The fourth-order valence-electron chi connectivity index (χ4n) is 5.52. The predicted molar refractivity (Wildman–Crippen MR) is 163 cm³/mol. The van der Waals surface area contributed by atoms with Crippen LogP contribution in [0, 0.1) is 0 Å². The number of allylic oxidation sites excluding steroid dienone is 1. The molecule has 226 valence electrons. The Balaban J connectivity index is 1.34. The van der Waals surface area contributed by atoms with Crippen molar-refractivity contribution in [3.8, 4) is 5.75 Å². The number of imidazole rings is 1. The van der Waals surface area contributed by atoms with E-state index in [1.165, 1.54) is 5.57 Å². The van der Waals surface area contributed by atoms with Gasteiger partial charge in [0.05, 0.1) is 19.8 Å². The Morgan fingerprint density at radius 3 is 2.37 bits per heavy atom. The van der Waals surface area contributed by atoms with Crippen molar-refractivity contribution in [2.24, 2.45) is 0 Å². The van der Waals surface area contributed by atoms with E-state index in [0.29, 0.717) is 25.2 Å². The van der Waals surface area contributed by atoms with Crippen LogP contribution in [0.1, 0.15) is 62.5 Å². The minimum absolute atomic E-state index is 0.138. The van der Waals surface area contributed by atoms with Crippen molar-refractivity contribution in [3.63, 3.8) is 0 Å². The van der Waals surface area contributed by atoms with Crippen molar-refractivity contribution in [1.29, 1.82) is 0 Å². The van der Waals surface area contributed by atoms with Gasteiger partial charge in [-0.15, -0.1) is 0 Å². The smallest absolute Gasteiger partial charge is 0.243 e. The maximum absolute atomic E-state index is 13.9. The first kappa shape index (κ1) is 30.2.